The molecule has 0 aromatic carbocycles. The standard InChI is InChI=1S/C17H19N5O3S/c1-21(13-7-10-26(23,24)12-13)17-20-19-16(15-6-2-3-8-18-15)22(17)11-14-5-4-9-25-14/h2-6,8-9,13H,7,10-12H2,1H3. The average Bonchev–Trinajstić information content (AvgIpc) is 3.36. The van der Waals surface area contributed by atoms with Crippen molar-refractivity contribution >= 4 is 15.8 Å². The molecule has 26 heavy (non-hydrogen) atoms. The van der Waals surface area contributed by atoms with Crippen molar-refractivity contribution in [3.05, 3.63) is 48.6 Å². The van der Waals surface area contributed by atoms with Gasteiger partial charge < -0.3 is 9.32 Å². The van der Waals surface area contributed by atoms with Crippen molar-refractivity contribution in [1.82, 2.24) is 19.7 Å². The Balaban J connectivity index is 1.73. The fourth-order valence-electron chi connectivity index (χ4n) is 3.19. The minimum absolute atomic E-state index is 0.115. The summed E-state index contributed by atoms with van der Waals surface area (Å²) in [5, 5.41) is 8.64. The zero-order chi connectivity index (χ0) is 18.1. The third-order valence-electron chi connectivity index (χ3n) is 4.59. The predicted molar refractivity (Wildman–Crippen MR) is 96.5 cm³/mol. The van der Waals surface area contributed by atoms with E-state index in [1.807, 2.05) is 46.8 Å². The topological polar surface area (TPSA) is 94.1 Å². The molecule has 0 spiro atoms. The van der Waals surface area contributed by atoms with Gasteiger partial charge in [0.25, 0.3) is 0 Å². The van der Waals surface area contributed by atoms with E-state index in [-0.39, 0.29) is 17.5 Å². The van der Waals surface area contributed by atoms with E-state index in [2.05, 4.69) is 15.2 Å². The van der Waals surface area contributed by atoms with Crippen LogP contribution in [-0.4, -0.2) is 52.8 Å². The van der Waals surface area contributed by atoms with E-state index in [0.717, 1.165) is 5.76 Å². The van der Waals surface area contributed by atoms with Gasteiger partial charge in [0.05, 0.1) is 24.3 Å². The summed E-state index contributed by atoms with van der Waals surface area (Å²) < 4.78 is 31.1. The Bertz CT molecular complexity index is 983. The average molecular weight is 373 g/mol. The molecule has 1 aliphatic rings. The number of hydrogen-bond acceptors (Lipinski definition) is 7. The lowest BCUT2D eigenvalue weighted by Gasteiger charge is -2.24. The second-order valence-electron chi connectivity index (χ2n) is 6.37. The van der Waals surface area contributed by atoms with Crippen LogP contribution in [0.15, 0.2) is 47.2 Å². The van der Waals surface area contributed by atoms with E-state index in [0.29, 0.717) is 30.4 Å². The Labute approximate surface area is 151 Å². The quantitative estimate of drug-likeness (QED) is 0.670. The second kappa shape index (κ2) is 6.56. The molecule has 1 atom stereocenters. The van der Waals surface area contributed by atoms with Crippen LogP contribution in [0.5, 0.6) is 0 Å². The Morgan fingerprint density at radius 3 is 2.81 bits per heavy atom. The third-order valence-corrected chi connectivity index (χ3v) is 6.34. The van der Waals surface area contributed by atoms with Crippen LogP contribution in [0.3, 0.4) is 0 Å². The first-order chi connectivity index (χ1) is 12.5. The van der Waals surface area contributed by atoms with Gasteiger partial charge in [0.15, 0.2) is 15.7 Å². The highest BCUT2D eigenvalue weighted by molar-refractivity contribution is 7.91. The summed E-state index contributed by atoms with van der Waals surface area (Å²) in [5.41, 5.74) is 0.699. The molecule has 1 fully saturated rings. The first kappa shape index (κ1) is 16.8. The monoisotopic (exact) mass is 373 g/mol. The molecule has 1 aliphatic heterocycles. The van der Waals surface area contributed by atoms with Gasteiger partial charge in [-0.25, -0.2) is 8.42 Å². The van der Waals surface area contributed by atoms with Crippen LogP contribution < -0.4 is 4.90 Å². The van der Waals surface area contributed by atoms with Crippen LogP contribution in [-0.2, 0) is 16.4 Å². The predicted octanol–water partition coefficient (Wildman–Crippen LogP) is 1.60. The third kappa shape index (κ3) is 3.22. The van der Waals surface area contributed by atoms with Gasteiger partial charge in [0.2, 0.25) is 5.95 Å². The summed E-state index contributed by atoms with van der Waals surface area (Å²) in [6, 6.07) is 9.19. The molecular formula is C17H19N5O3S. The van der Waals surface area contributed by atoms with Gasteiger partial charge >= 0.3 is 0 Å². The largest absolute Gasteiger partial charge is 0.467 e. The first-order valence-electron chi connectivity index (χ1n) is 8.34. The minimum atomic E-state index is -2.99. The molecule has 0 aliphatic carbocycles. The minimum Gasteiger partial charge on any atom is -0.467 e. The molecule has 4 heterocycles. The van der Waals surface area contributed by atoms with E-state index in [1.165, 1.54) is 0 Å². The zero-order valence-corrected chi connectivity index (χ0v) is 15.1. The highest BCUT2D eigenvalue weighted by atomic mass is 32.2. The molecule has 1 saturated heterocycles. The number of sulfone groups is 1. The maximum Gasteiger partial charge on any atom is 0.228 e. The SMILES string of the molecule is CN(c1nnc(-c2ccccn2)n1Cc1ccco1)C1CCS(=O)(=O)C1. The Morgan fingerprint density at radius 2 is 2.15 bits per heavy atom. The molecule has 0 saturated carbocycles. The number of furan rings is 1. The number of hydrogen-bond donors (Lipinski definition) is 0. The molecule has 3 aromatic rings. The van der Waals surface area contributed by atoms with Crippen molar-refractivity contribution < 1.29 is 12.8 Å². The number of rotatable bonds is 5. The van der Waals surface area contributed by atoms with Crippen molar-refractivity contribution in [2.24, 2.45) is 0 Å². The normalized spacial score (nSPS) is 18.9. The molecule has 0 amide bonds. The van der Waals surface area contributed by atoms with Gasteiger partial charge in [-0.15, -0.1) is 10.2 Å². The van der Waals surface area contributed by atoms with Gasteiger partial charge in [-0.3, -0.25) is 9.55 Å². The molecule has 9 heteroatoms. The lowest BCUT2D eigenvalue weighted by Crippen LogP contribution is -2.34. The maximum absolute atomic E-state index is 11.9. The zero-order valence-electron chi connectivity index (χ0n) is 14.3. The second-order valence-corrected chi connectivity index (χ2v) is 8.60. The van der Waals surface area contributed by atoms with E-state index in [1.54, 1.807) is 12.5 Å². The van der Waals surface area contributed by atoms with Gasteiger partial charge in [0, 0.05) is 19.3 Å². The van der Waals surface area contributed by atoms with Crippen molar-refractivity contribution in [2.45, 2.75) is 19.0 Å². The summed E-state index contributed by atoms with van der Waals surface area (Å²) in [6.07, 6.45) is 3.91. The van der Waals surface area contributed by atoms with Gasteiger partial charge in [-0.2, -0.15) is 0 Å². The summed E-state index contributed by atoms with van der Waals surface area (Å²) >= 11 is 0. The summed E-state index contributed by atoms with van der Waals surface area (Å²) in [6.45, 7) is 0.436. The molecule has 0 bridgehead atoms. The van der Waals surface area contributed by atoms with Gasteiger partial charge in [0.1, 0.15) is 11.5 Å². The van der Waals surface area contributed by atoms with Gasteiger partial charge in [-0.1, -0.05) is 6.07 Å². The lowest BCUT2D eigenvalue weighted by molar-refractivity contribution is 0.492. The molecule has 1 unspecified atom stereocenters. The van der Waals surface area contributed by atoms with Crippen LogP contribution in [0.4, 0.5) is 5.95 Å². The highest BCUT2D eigenvalue weighted by Crippen LogP contribution is 2.26. The van der Waals surface area contributed by atoms with Crippen molar-refractivity contribution in [3.63, 3.8) is 0 Å². The molecule has 4 rings (SSSR count). The summed E-state index contributed by atoms with van der Waals surface area (Å²) in [5.74, 6) is 2.32. The van der Waals surface area contributed by atoms with Crippen LogP contribution in [0, 0.1) is 0 Å². The van der Waals surface area contributed by atoms with Crippen LogP contribution in [0.1, 0.15) is 12.2 Å². The smallest absolute Gasteiger partial charge is 0.228 e. The van der Waals surface area contributed by atoms with Crippen molar-refractivity contribution in [1.29, 1.82) is 0 Å². The summed E-state index contributed by atoms with van der Waals surface area (Å²) in [7, 11) is -1.13. The van der Waals surface area contributed by atoms with Crippen molar-refractivity contribution in [2.75, 3.05) is 23.5 Å². The Hall–Kier alpha value is -2.68. The van der Waals surface area contributed by atoms with Crippen LogP contribution >= 0.6 is 0 Å². The van der Waals surface area contributed by atoms with E-state index >= 15 is 0 Å². The van der Waals surface area contributed by atoms with E-state index in [9.17, 15) is 8.42 Å². The van der Waals surface area contributed by atoms with E-state index < -0.39 is 9.84 Å². The lowest BCUT2D eigenvalue weighted by atomic mass is 10.2. The fourth-order valence-corrected chi connectivity index (χ4v) is 4.96. The van der Waals surface area contributed by atoms with Crippen LogP contribution in [0.25, 0.3) is 11.5 Å². The number of nitrogens with zero attached hydrogens (tertiary/aromatic N) is 5. The molecule has 8 nitrogen and oxygen atoms in total. The Morgan fingerprint density at radius 1 is 1.27 bits per heavy atom. The molecule has 0 radical (unpaired) electrons. The van der Waals surface area contributed by atoms with Crippen molar-refractivity contribution in [3.8, 4) is 11.5 Å². The van der Waals surface area contributed by atoms with E-state index in [4.69, 9.17) is 4.42 Å². The number of pyridine rings is 1. The molecule has 0 N–H and O–H groups in total. The maximum atomic E-state index is 11.9. The molecular weight excluding hydrogens is 354 g/mol. The number of aromatic nitrogens is 4. The molecule has 136 valence electrons. The van der Waals surface area contributed by atoms with Crippen LogP contribution in [0.2, 0.25) is 0 Å². The highest BCUT2D eigenvalue weighted by Gasteiger charge is 2.33. The first-order valence-corrected chi connectivity index (χ1v) is 10.2. The van der Waals surface area contributed by atoms with Gasteiger partial charge in [-0.05, 0) is 30.7 Å². The Kier molecular flexibility index (Phi) is 4.23. The summed E-state index contributed by atoms with van der Waals surface area (Å²) in [4.78, 5) is 6.26. The molecule has 3 aromatic heterocycles. The number of anilines is 1. The fraction of sp³-hybridized carbons (Fsp3) is 0.353.